The molecule has 33 heavy (non-hydrogen) atoms. The van der Waals surface area contributed by atoms with Crippen molar-refractivity contribution in [2.24, 2.45) is 5.41 Å². The van der Waals surface area contributed by atoms with Crippen molar-refractivity contribution in [1.82, 2.24) is 0 Å². The molecule has 2 heterocycles. The highest BCUT2D eigenvalue weighted by molar-refractivity contribution is 6.15. The Kier molecular flexibility index (Phi) is 3.79. The Labute approximate surface area is 200 Å². The van der Waals surface area contributed by atoms with Gasteiger partial charge in [-0.3, -0.25) is 0 Å². The van der Waals surface area contributed by atoms with Gasteiger partial charge in [-0.15, -0.1) is 0 Å². The third-order valence-corrected chi connectivity index (χ3v) is 5.73. The molecule has 0 bridgehead atoms. The highest BCUT2D eigenvalue weighted by Gasteiger charge is 2.16. The van der Waals surface area contributed by atoms with Crippen LogP contribution < -0.4 is 0 Å². The highest BCUT2D eigenvalue weighted by atomic mass is 16.3. The fraction of sp³-hybridized carbons (Fsp3) is 0.233. The van der Waals surface area contributed by atoms with Crippen molar-refractivity contribution in [1.29, 1.82) is 5.41 Å². The summed E-state index contributed by atoms with van der Waals surface area (Å²) in [6.07, 6.45) is 0.314. The van der Waals surface area contributed by atoms with E-state index in [1.54, 1.807) is 26.8 Å². The second-order valence-corrected chi connectivity index (χ2v) is 9.43. The third kappa shape index (κ3) is 3.89. The van der Waals surface area contributed by atoms with Gasteiger partial charge in [-0.25, -0.2) is 0 Å². The second kappa shape index (κ2) is 7.77. The van der Waals surface area contributed by atoms with Crippen molar-refractivity contribution in [3.8, 4) is 0 Å². The number of hydrogen-bond acceptors (Lipinski definition) is 3. The van der Waals surface area contributed by atoms with E-state index in [0.717, 1.165) is 50.1 Å². The molecule has 0 amide bonds. The Hall–Kier alpha value is -3.59. The molecule has 1 N–H and O–H groups in total. The summed E-state index contributed by atoms with van der Waals surface area (Å²) in [6.45, 7) is 4.36. The zero-order valence-electron chi connectivity index (χ0n) is 24.2. The molecule has 0 aliphatic heterocycles. The molecule has 0 aliphatic carbocycles. The summed E-state index contributed by atoms with van der Waals surface area (Å²) in [5.74, 6) is 0. The minimum Gasteiger partial charge on any atom is -0.456 e. The summed E-state index contributed by atoms with van der Waals surface area (Å²) in [6, 6.07) is 17.5. The summed E-state index contributed by atoms with van der Waals surface area (Å²) in [7, 11) is 0. The van der Waals surface area contributed by atoms with Crippen molar-refractivity contribution >= 4 is 55.7 Å². The molecule has 0 radical (unpaired) electrons. The van der Waals surface area contributed by atoms with Crippen LogP contribution in [-0.4, -0.2) is 6.21 Å². The fourth-order valence-electron chi connectivity index (χ4n) is 4.20. The summed E-state index contributed by atoms with van der Waals surface area (Å²) in [5.41, 5.74) is 3.25. The van der Waals surface area contributed by atoms with E-state index in [1.807, 2.05) is 61.5 Å². The minimum atomic E-state index is -2.63. The molecule has 0 saturated carbocycles. The van der Waals surface area contributed by atoms with Gasteiger partial charge in [0.25, 0.3) is 0 Å². The van der Waals surface area contributed by atoms with Gasteiger partial charge in [-0.05, 0) is 78.2 Å². The van der Waals surface area contributed by atoms with Crippen LogP contribution in [0.2, 0.25) is 0 Å². The molecule has 5 rings (SSSR count). The molecular weight excluding hydrogens is 406 g/mol. The van der Waals surface area contributed by atoms with E-state index in [-0.39, 0.29) is 11.1 Å². The number of rotatable bonds is 4. The fourth-order valence-corrected chi connectivity index (χ4v) is 4.20. The number of allylic oxidation sites excluding steroid dienone is 4. The zero-order chi connectivity index (χ0) is 27.6. The van der Waals surface area contributed by atoms with Crippen LogP contribution in [0.4, 0.5) is 0 Å². The Morgan fingerprint density at radius 1 is 0.909 bits per heavy atom. The molecule has 5 aromatic rings. The number of hydrogen-bond donors (Lipinski definition) is 1. The number of nitrogens with one attached hydrogen (secondary N) is 1. The molecule has 0 unspecified atom stereocenters. The van der Waals surface area contributed by atoms with Crippen LogP contribution in [0.15, 0.2) is 80.7 Å². The maximum absolute atomic E-state index is 8.83. The molecule has 0 fully saturated rings. The van der Waals surface area contributed by atoms with Gasteiger partial charge in [-0.1, -0.05) is 51.1 Å². The van der Waals surface area contributed by atoms with Gasteiger partial charge in [0.05, 0.1) is 0 Å². The maximum atomic E-state index is 8.83. The number of para-hydroxylation sites is 1. The van der Waals surface area contributed by atoms with Gasteiger partial charge < -0.3 is 14.2 Å². The first-order chi connectivity index (χ1) is 17.7. The first kappa shape index (κ1) is 16.1. The Bertz CT molecular complexity index is 1790. The molecule has 3 aromatic carbocycles. The quantitative estimate of drug-likeness (QED) is 0.223. The normalized spacial score (nSPS) is 17.0. The molecule has 0 saturated heterocycles. The van der Waals surface area contributed by atoms with Gasteiger partial charge in [0.2, 0.25) is 0 Å². The van der Waals surface area contributed by atoms with Crippen molar-refractivity contribution in [3.63, 3.8) is 0 Å². The lowest BCUT2D eigenvalue weighted by molar-refractivity contribution is 0.412. The average Bonchev–Trinajstić information content (AvgIpc) is 3.37. The molecular formula is C30H29NO2. The number of furan rings is 2. The SMILES string of the molecule is [2H]C([2H])([2H])/C(C=N)=C(/C=C(\C)c1ccc2oc3cc4c(cc3c2c1)oc1ccccc14)C([2H])([2H])C(C)(C)C. The van der Waals surface area contributed by atoms with Crippen LogP contribution in [0.5, 0.6) is 0 Å². The highest BCUT2D eigenvalue weighted by Crippen LogP contribution is 2.37. The van der Waals surface area contributed by atoms with E-state index in [1.165, 1.54) is 0 Å². The monoisotopic (exact) mass is 440 g/mol. The summed E-state index contributed by atoms with van der Waals surface area (Å²) in [5, 5.41) is 11.6. The van der Waals surface area contributed by atoms with Crippen LogP contribution in [-0.2, 0) is 0 Å². The first-order valence-corrected chi connectivity index (χ1v) is 10.9. The van der Waals surface area contributed by atoms with Crippen molar-refractivity contribution < 1.29 is 15.7 Å². The molecule has 2 aromatic heterocycles. The van der Waals surface area contributed by atoms with Gasteiger partial charge in [0, 0.05) is 34.6 Å². The summed E-state index contributed by atoms with van der Waals surface area (Å²) >= 11 is 0. The number of benzene rings is 3. The average molecular weight is 441 g/mol. The van der Waals surface area contributed by atoms with E-state index in [2.05, 4.69) is 0 Å². The molecule has 0 spiro atoms. The molecule has 0 atom stereocenters. The van der Waals surface area contributed by atoms with E-state index in [9.17, 15) is 0 Å². The van der Waals surface area contributed by atoms with Crippen LogP contribution in [0, 0.1) is 10.8 Å². The smallest absolute Gasteiger partial charge is 0.136 e. The van der Waals surface area contributed by atoms with Crippen LogP contribution in [0.1, 0.15) is 53.3 Å². The lowest BCUT2D eigenvalue weighted by Gasteiger charge is -2.20. The Balaban J connectivity index is 1.70. The molecule has 3 nitrogen and oxygen atoms in total. The van der Waals surface area contributed by atoms with Crippen molar-refractivity contribution in [2.75, 3.05) is 0 Å². The largest absolute Gasteiger partial charge is 0.456 e. The first-order valence-electron chi connectivity index (χ1n) is 13.4. The van der Waals surface area contributed by atoms with Gasteiger partial charge in [0.1, 0.15) is 22.3 Å². The van der Waals surface area contributed by atoms with E-state index in [0.29, 0.717) is 11.2 Å². The van der Waals surface area contributed by atoms with Gasteiger partial charge in [-0.2, -0.15) is 0 Å². The summed E-state index contributed by atoms with van der Waals surface area (Å²) < 4.78 is 53.7. The van der Waals surface area contributed by atoms with Crippen molar-refractivity contribution in [3.05, 3.63) is 77.4 Å². The molecule has 166 valence electrons. The van der Waals surface area contributed by atoms with Crippen LogP contribution in [0.3, 0.4) is 0 Å². The van der Waals surface area contributed by atoms with Gasteiger partial charge >= 0.3 is 0 Å². The molecule has 0 aliphatic rings. The third-order valence-electron chi connectivity index (χ3n) is 5.73. The second-order valence-electron chi connectivity index (χ2n) is 9.43. The van der Waals surface area contributed by atoms with Gasteiger partial charge in [0.15, 0.2) is 0 Å². The molecule has 3 heteroatoms. The predicted octanol–water partition coefficient (Wildman–Crippen LogP) is 9.29. The maximum Gasteiger partial charge on any atom is 0.136 e. The van der Waals surface area contributed by atoms with Crippen LogP contribution >= 0.6 is 0 Å². The zero-order valence-corrected chi connectivity index (χ0v) is 19.2. The van der Waals surface area contributed by atoms with E-state index in [4.69, 9.17) is 21.1 Å². The van der Waals surface area contributed by atoms with E-state index < -0.39 is 18.6 Å². The Morgan fingerprint density at radius 3 is 2.21 bits per heavy atom. The minimum absolute atomic E-state index is 0.0152. The number of fused-ring (bicyclic) bond motifs is 6. The lowest BCUT2D eigenvalue weighted by atomic mass is 9.85. The van der Waals surface area contributed by atoms with E-state index >= 15 is 0 Å². The Morgan fingerprint density at radius 2 is 1.55 bits per heavy atom. The standard InChI is InChI=1S/C30H29NO2/c1-18(12-21(19(2)17-31)16-30(3,4)5)20-10-11-27-23(13-20)25-15-28-24(14-29(25)33-27)22-8-6-7-9-26(22)32-28/h6-15,17,31H,16H2,1-5H3/b18-12+,21-19+,31-17?/i2D3,16D2. The summed E-state index contributed by atoms with van der Waals surface area (Å²) in [4.78, 5) is 0. The van der Waals surface area contributed by atoms with Crippen molar-refractivity contribution in [2.45, 2.75) is 40.9 Å². The lowest BCUT2D eigenvalue weighted by Crippen LogP contribution is -2.07. The predicted molar refractivity (Wildman–Crippen MR) is 140 cm³/mol. The van der Waals surface area contributed by atoms with Crippen LogP contribution in [0.25, 0.3) is 49.5 Å². The topological polar surface area (TPSA) is 50.1 Å².